The number of benzene rings is 1. The van der Waals surface area contributed by atoms with Crippen molar-refractivity contribution in [2.75, 3.05) is 12.4 Å². The predicted molar refractivity (Wildman–Crippen MR) is 68.5 cm³/mol. The minimum Gasteiger partial charge on any atom is -0.288 e. The lowest BCUT2D eigenvalue weighted by Gasteiger charge is -2.26. The highest BCUT2D eigenvalue weighted by Gasteiger charge is 2.22. The summed E-state index contributed by atoms with van der Waals surface area (Å²) in [5.41, 5.74) is 0.509. The summed E-state index contributed by atoms with van der Waals surface area (Å²) in [4.78, 5) is 2.26. The standard InChI is InChI=1S/C12H13FN4S/c1-2-16-7-17-11(14-15-12(17)18-8-16)9-5-3-4-6-10(9)13/h3-6H,2,7-8H2,1H3. The van der Waals surface area contributed by atoms with Crippen molar-refractivity contribution in [2.45, 2.75) is 18.7 Å². The third-order valence-corrected chi connectivity index (χ3v) is 4.05. The molecule has 0 saturated carbocycles. The maximum absolute atomic E-state index is 13.8. The van der Waals surface area contributed by atoms with E-state index in [1.54, 1.807) is 23.9 Å². The molecule has 2 aromatic rings. The Labute approximate surface area is 109 Å². The average Bonchev–Trinajstić information content (AvgIpc) is 2.82. The Morgan fingerprint density at radius 3 is 2.94 bits per heavy atom. The first-order valence-corrected chi connectivity index (χ1v) is 6.81. The van der Waals surface area contributed by atoms with Crippen molar-refractivity contribution in [3.8, 4) is 11.4 Å². The van der Waals surface area contributed by atoms with E-state index < -0.39 is 0 Å². The number of halogens is 1. The molecule has 2 heterocycles. The highest BCUT2D eigenvalue weighted by molar-refractivity contribution is 7.99. The van der Waals surface area contributed by atoms with Crippen LogP contribution in [0.2, 0.25) is 0 Å². The molecule has 1 aliphatic rings. The monoisotopic (exact) mass is 264 g/mol. The highest BCUT2D eigenvalue weighted by Crippen LogP contribution is 2.29. The van der Waals surface area contributed by atoms with Gasteiger partial charge >= 0.3 is 0 Å². The Morgan fingerprint density at radius 2 is 2.17 bits per heavy atom. The van der Waals surface area contributed by atoms with Crippen molar-refractivity contribution in [1.82, 2.24) is 19.7 Å². The minimum atomic E-state index is -0.258. The van der Waals surface area contributed by atoms with Gasteiger partial charge < -0.3 is 0 Å². The van der Waals surface area contributed by atoms with Crippen LogP contribution < -0.4 is 0 Å². The third-order valence-electron chi connectivity index (χ3n) is 3.00. The maximum atomic E-state index is 13.8. The molecule has 18 heavy (non-hydrogen) atoms. The summed E-state index contributed by atoms with van der Waals surface area (Å²) in [6, 6.07) is 6.68. The summed E-state index contributed by atoms with van der Waals surface area (Å²) in [7, 11) is 0. The van der Waals surface area contributed by atoms with Crippen LogP contribution in [0.1, 0.15) is 6.92 Å². The number of hydrogen-bond acceptors (Lipinski definition) is 4. The van der Waals surface area contributed by atoms with E-state index >= 15 is 0 Å². The normalized spacial score (nSPS) is 15.7. The zero-order chi connectivity index (χ0) is 12.5. The van der Waals surface area contributed by atoms with Gasteiger partial charge in [0.25, 0.3) is 0 Å². The van der Waals surface area contributed by atoms with E-state index in [1.807, 2.05) is 10.6 Å². The summed E-state index contributed by atoms with van der Waals surface area (Å²) in [5.74, 6) is 1.26. The molecular formula is C12H13FN4S. The van der Waals surface area contributed by atoms with Crippen LogP contribution in [0.25, 0.3) is 11.4 Å². The summed E-state index contributed by atoms with van der Waals surface area (Å²) >= 11 is 1.64. The second kappa shape index (κ2) is 4.70. The average molecular weight is 264 g/mol. The number of nitrogens with zero attached hydrogens (tertiary/aromatic N) is 4. The summed E-state index contributed by atoms with van der Waals surface area (Å²) < 4.78 is 15.8. The van der Waals surface area contributed by atoms with E-state index in [9.17, 15) is 4.39 Å². The van der Waals surface area contributed by atoms with Gasteiger partial charge in [-0.1, -0.05) is 30.8 Å². The fourth-order valence-electron chi connectivity index (χ4n) is 1.95. The minimum absolute atomic E-state index is 0.258. The summed E-state index contributed by atoms with van der Waals surface area (Å²) in [6.07, 6.45) is 0. The van der Waals surface area contributed by atoms with Gasteiger partial charge in [-0.25, -0.2) is 4.39 Å². The van der Waals surface area contributed by atoms with Gasteiger partial charge in [0.2, 0.25) is 0 Å². The van der Waals surface area contributed by atoms with Crippen molar-refractivity contribution in [3.63, 3.8) is 0 Å². The van der Waals surface area contributed by atoms with Gasteiger partial charge in [0, 0.05) is 0 Å². The molecule has 0 unspecified atom stereocenters. The molecule has 0 bridgehead atoms. The van der Waals surface area contributed by atoms with Crippen LogP contribution in [0.15, 0.2) is 29.4 Å². The van der Waals surface area contributed by atoms with Crippen molar-refractivity contribution < 1.29 is 4.39 Å². The number of rotatable bonds is 2. The van der Waals surface area contributed by atoms with Gasteiger partial charge in [0.15, 0.2) is 11.0 Å². The first kappa shape index (κ1) is 11.7. The maximum Gasteiger partial charge on any atom is 0.193 e. The van der Waals surface area contributed by atoms with Crippen LogP contribution in [-0.4, -0.2) is 32.1 Å². The number of thioether (sulfide) groups is 1. The summed E-state index contributed by atoms with van der Waals surface area (Å²) in [5, 5.41) is 9.11. The number of fused-ring (bicyclic) bond motifs is 1. The van der Waals surface area contributed by atoms with E-state index in [1.165, 1.54) is 6.07 Å². The Bertz CT molecular complexity index is 569. The molecule has 1 aromatic carbocycles. The van der Waals surface area contributed by atoms with Crippen LogP contribution in [0.4, 0.5) is 4.39 Å². The van der Waals surface area contributed by atoms with Crippen molar-refractivity contribution in [3.05, 3.63) is 30.1 Å². The van der Waals surface area contributed by atoms with Crippen LogP contribution in [-0.2, 0) is 6.67 Å². The zero-order valence-electron chi connectivity index (χ0n) is 10.0. The Morgan fingerprint density at radius 1 is 1.33 bits per heavy atom. The van der Waals surface area contributed by atoms with Gasteiger partial charge in [0.1, 0.15) is 5.82 Å². The topological polar surface area (TPSA) is 34.0 Å². The van der Waals surface area contributed by atoms with E-state index in [-0.39, 0.29) is 5.82 Å². The molecule has 0 radical (unpaired) electrons. The quantitative estimate of drug-likeness (QED) is 0.834. The largest absolute Gasteiger partial charge is 0.288 e. The fourth-order valence-corrected chi connectivity index (χ4v) is 2.91. The molecule has 0 N–H and O–H groups in total. The van der Waals surface area contributed by atoms with E-state index in [2.05, 4.69) is 22.0 Å². The molecule has 1 aromatic heterocycles. The lowest BCUT2D eigenvalue weighted by Crippen LogP contribution is -2.30. The molecule has 0 spiro atoms. The number of aromatic nitrogens is 3. The van der Waals surface area contributed by atoms with Gasteiger partial charge in [-0.2, -0.15) is 0 Å². The molecule has 6 heteroatoms. The van der Waals surface area contributed by atoms with E-state index in [4.69, 9.17) is 0 Å². The van der Waals surface area contributed by atoms with E-state index in [0.717, 1.165) is 24.2 Å². The predicted octanol–water partition coefficient (Wildman–Crippen LogP) is 2.43. The van der Waals surface area contributed by atoms with Gasteiger partial charge in [0.05, 0.1) is 18.1 Å². The summed E-state index contributed by atoms with van der Waals surface area (Å²) in [6.45, 7) is 3.79. The molecule has 0 atom stereocenters. The SMILES string of the molecule is CCN1CSc2nnc(-c3ccccc3F)n2C1. The second-order valence-corrected chi connectivity index (χ2v) is 5.03. The Balaban J connectivity index is 2.05. The smallest absolute Gasteiger partial charge is 0.193 e. The fraction of sp³-hybridized carbons (Fsp3) is 0.333. The third kappa shape index (κ3) is 1.91. The van der Waals surface area contributed by atoms with Gasteiger partial charge in [-0.3, -0.25) is 9.47 Å². The Hall–Kier alpha value is -1.40. The Kier molecular flexibility index (Phi) is 3.05. The lowest BCUT2D eigenvalue weighted by molar-refractivity contribution is 0.251. The van der Waals surface area contributed by atoms with Crippen molar-refractivity contribution in [2.24, 2.45) is 0 Å². The van der Waals surface area contributed by atoms with Gasteiger partial charge in [-0.05, 0) is 18.7 Å². The molecule has 0 amide bonds. The van der Waals surface area contributed by atoms with Crippen LogP contribution in [0.3, 0.4) is 0 Å². The van der Waals surface area contributed by atoms with Gasteiger partial charge in [-0.15, -0.1) is 10.2 Å². The highest BCUT2D eigenvalue weighted by atomic mass is 32.2. The first-order valence-electron chi connectivity index (χ1n) is 5.83. The van der Waals surface area contributed by atoms with E-state index in [0.29, 0.717) is 11.4 Å². The molecule has 4 nitrogen and oxygen atoms in total. The van der Waals surface area contributed by atoms with Crippen LogP contribution >= 0.6 is 11.8 Å². The zero-order valence-corrected chi connectivity index (χ0v) is 10.8. The molecule has 0 aliphatic carbocycles. The lowest BCUT2D eigenvalue weighted by atomic mass is 10.2. The van der Waals surface area contributed by atoms with Crippen molar-refractivity contribution in [1.29, 1.82) is 0 Å². The van der Waals surface area contributed by atoms with Crippen molar-refractivity contribution >= 4 is 11.8 Å². The molecule has 3 rings (SSSR count). The van der Waals surface area contributed by atoms with Crippen LogP contribution in [0.5, 0.6) is 0 Å². The number of hydrogen-bond donors (Lipinski definition) is 0. The van der Waals surface area contributed by atoms with Crippen LogP contribution in [0, 0.1) is 5.82 Å². The first-order chi connectivity index (χ1) is 8.79. The second-order valence-electron chi connectivity index (χ2n) is 4.12. The molecule has 1 aliphatic heterocycles. The molecule has 0 fully saturated rings. The molecule has 94 valence electrons. The molecule has 0 saturated heterocycles. The molecular weight excluding hydrogens is 251 g/mol.